The molecule has 182 valence electrons. The maximum absolute atomic E-state index is 15.2. The molecule has 2 aliphatic heterocycles. The number of halogens is 2. The number of aromatic nitrogens is 2. The van der Waals surface area contributed by atoms with E-state index in [0.29, 0.717) is 0 Å². The van der Waals surface area contributed by atoms with Crippen LogP contribution in [0.4, 0.5) is 8.78 Å². The van der Waals surface area contributed by atoms with Crippen molar-refractivity contribution in [3.8, 4) is 0 Å². The summed E-state index contributed by atoms with van der Waals surface area (Å²) in [6.45, 7) is -2.20. The summed E-state index contributed by atoms with van der Waals surface area (Å²) in [5.74, 6) is -4.77. The Balaban J connectivity index is 1.81. The van der Waals surface area contributed by atoms with Gasteiger partial charge in [0.25, 0.3) is 11.4 Å². The smallest absolute Gasteiger partial charge is 0.384 e. The molecule has 2 bridgehead atoms. The first-order valence-corrected chi connectivity index (χ1v) is 12.4. The van der Waals surface area contributed by atoms with Gasteiger partial charge >= 0.3 is 29.2 Å². The number of hydrogen-bond acceptors (Lipinski definition) is 11. The summed E-state index contributed by atoms with van der Waals surface area (Å²) < 4.78 is 83.9. The topological polar surface area (TPSA) is 253 Å². The lowest BCUT2D eigenvalue weighted by Crippen LogP contribution is -2.45. The van der Waals surface area contributed by atoms with E-state index in [1.807, 2.05) is 0 Å². The van der Waals surface area contributed by atoms with E-state index in [0.717, 1.165) is 0 Å². The van der Waals surface area contributed by atoms with Crippen LogP contribution in [0, 0.1) is 5.82 Å². The number of aromatic amines is 1. The van der Waals surface area contributed by atoms with Gasteiger partial charge in [-0.2, -0.15) is 13.0 Å². The molecule has 2 aliphatic rings. The Hall–Kier alpha value is -1.17. The maximum atomic E-state index is 15.2. The molecule has 0 aromatic carbocycles. The summed E-state index contributed by atoms with van der Waals surface area (Å²) >= 11 is 0. The molecule has 1 aromatic rings. The number of phosphoric acid groups is 3. The molecule has 0 amide bonds. The summed E-state index contributed by atoms with van der Waals surface area (Å²) in [7, 11) is -17.2. The van der Waals surface area contributed by atoms with Crippen LogP contribution >= 0.6 is 23.5 Å². The van der Waals surface area contributed by atoms with E-state index in [9.17, 15) is 37.7 Å². The minimum Gasteiger partial charge on any atom is -0.384 e. The number of nitrogens with zero attached hydrogens (tertiary/aromatic N) is 1. The van der Waals surface area contributed by atoms with Gasteiger partial charge in [0.1, 0.15) is 5.60 Å². The Morgan fingerprint density at radius 2 is 1.81 bits per heavy atom. The Kier molecular flexibility index (Phi) is 6.33. The number of nitrogens with one attached hydrogen (secondary N) is 1. The quantitative estimate of drug-likeness (QED) is 0.205. The average molecular weight is 532 g/mol. The van der Waals surface area contributed by atoms with Gasteiger partial charge in [-0.15, -0.1) is 0 Å². The van der Waals surface area contributed by atoms with Crippen LogP contribution in [0.25, 0.3) is 0 Å². The number of aliphatic hydroxyl groups excluding tert-OH is 1. The SMILES string of the molecule is O=c1[nH]c(=O)n([C@@H]2O[C@@]3(COP(=O)(O)OP(=O)(O)OP(=O)(O)O)CO[C@]2(F)[C@@H]3O)cc1F. The molecular formula is C10H13F2N2O15P3. The van der Waals surface area contributed by atoms with E-state index < -0.39 is 77.5 Å². The Labute approximate surface area is 173 Å². The molecule has 22 heteroatoms. The lowest BCUT2D eigenvalue weighted by atomic mass is 9.99. The van der Waals surface area contributed by atoms with E-state index in [1.165, 1.54) is 4.98 Å². The van der Waals surface area contributed by atoms with Gasteiger partial charge in [0, 0.05) is 0 Å². The molecule has 2 unspecified atom stereocenters. The monoisotopic (exact) mass is 532 g/mol. The zero-order valence-electron chi connectivity index (χ0n) is 15.0. The summed E-state index contributed by atoms with van der Waals surface area (Å²) in [6.07, 6.45) is -4.33. The van der Waals surface area contributed by atoms with E-state index in [1.54, 1.807) is 0 Å². The predicted octanol–water partition coefficient (Wildman–Crippen LogP) is -1.66. The minimum atomic E-state index is -5.85. The second-order valence-electron chi connectivity index (χ2n) is 6.43. The van der Waals surface area contributed by atoms with Crippen molar-refractivity contribution in [2.45, 2.75) is 23.8 Å². The fraction of sp³-hybridized carbons (Fsp3) is 0.600. The molecule has 0 radical (unpaired) electrons. The standard InChI is InChI=1S/C10H13F2N2O15P3/c11-4-1-14(8(17)13-5(4)15)7-10(12)6(16)9(27-7,2-25-10)3-26-31(21,22)29-32(23,24)28-30(18,19)20/h1,6-7,16H,2-3H2,(H,21,22)(H,23,24)(H,13,15,17)(H2,18,19,20)/t6-,7-,9-,10-/m1/s1. The first-order chi connectivity index (χ1) is 14.4. The number of hydrogen-bond donors (Lipinski definition) is 6. The van der Waals surface area contributed by atoms with Crippen LogP contribution in [0.5, 0.6) is 0 Å². The zero-order chi connectivity index (χ0) is 24.3. The highest BCUT2D eigenvalue weighted by atomic mass is 31.3. The maximum Gasteiger partial charge on any atom is 0.490 e. The highest BCUT2D eigenvalue weighted by molar-refractivity contribution is 7.66. The number of ether oxygens (including phenoxy) is 2. The van der Waals surface area contributed by atoms with Crippen molar-refractivity contribution < 1.29 is 69.8 Å². The summed E-state index contributed by atoms with van der Waals surface area (Å²) in [5, 5.41) is 10.2. The average Bonchev–Trinajstić information content (AvgIpc) is 2.97. The number of H-pyrrole nitrogens is 1. The van der Waals surface area contributed by atoms with Crippen LogP contribution in [0.2, 0.25) is 0 Å². The van der Waals surface area contributed by atoms with Crippen LogP contribution in [0.3, 0.4) is 0 Å². The van der Waals surface area contributed by atoms with Gasteiger partial charge in [0.2, 0.25) is 12.0 Å². The third kappa shape index (κ3) is 4.85. The molecule has 0 spiro atoms. The lowest BCUT2D eigenvalue weighted by molar-refractivity contribution is -0.262. The van der Waals surface area contributed by atoms with Crippen molar-refractivity contribution in [3.63, 3.8) is 0 Å². The summed E-state index contributed by atoms with van der Waals surface area (Å²) in [5.41, 5.74) is -5.17. The number of alkyl halides is 1. The van der Waals surface area contributed by atoms with Gasteiger partial charge < -0.3 is 34.2 Å². The van der Waals surface area contributed by atoms with Gasteiger partial charge in [-0.25, -0.2) is 22.9 Å². The fourth-order valence-electron chi connectivity index (χ4n) is 2.89. The molecule has 0 aliphatic carbocycles. The highest BCUT2D eigenvalue weighted by Crippen LogP contribution is 2.67. The molecule has 2 fully saturated rings. The third-order valence-corrected chi connectivity index (χ3v) is 7.94. The first-order valence-electron chi connectivity index (χ1n) is 7.88. The second kappa shape index (κ2) is 7.95. The highest BCUT2D eigenvalue weighted by Gasteiger charge is 2.73. The van der Waals surface area contributed by atoms with Crippen molar-refractivity contribution in [1.29, 1.82) is 0 Å². The van der Waals surface area contributed by atoms with Crippen molar-refractivity contribution in [1.82, 2.24) is 9.55 Å². The normalized spacial score (nSPS) is 33.7. The van der Waals surface area contributed by atoms with Gasteiger partial charge in [0.05, 0.1) is 19.4 Å². The van der Waals surface area contributed by atoms with Gasteiger partial charge in [-0.1, -0.05) is 0 Å². The Bertz CT molecular complexity index is 1180. The summed E-state index contributed by atoms with van der Waals surface area (Å²) in [6, 6.07) is 0. The molecule has 6 N–H and O–H groups in total. The van der Waals surface area contributed by atoms with E-state index >= 15 is 4.39 Å². The largest absolute Gasteiger partial charge is 0.490 e. The molecule has 6 atom stereocenters. The van der Waals surface area contributed by atoms with Gasteiger partial charge in [-0.05, 0) is 0 Å². The number of phosphoric ester groups is 1. The molecular weight excluding hydrogens is 519 g/mol. The molecule has 1 aromatic heterocycles. The van der Waals surface area contributed by atoms with Crippen LogP contribution < -0.4 is 11.2 Å². The number of fused-ring (bicyclic) bond motifs is 2. The van der Waals surface area contributed by atoms with Crippen molar-refractivity contribution in [2.24, 2.45) is 0 Å². The summed E-state index contributed by atoms with van der Waals surface area (Å²) in [4.78, 5) is 60.1. The van der Waals surface area contributed by atoms with E-state index in [4.69, 9.17) is 24.2 Å². The lowest BCUT2D eigenvalue weighted by Gasteiger charge is -2.32. The van der Waals surface area contributed by atoms with Gasteiger partial charge in [-0.3, -0.25) is 18.9 Å². The van der Waals surface area contributed by atoms with E-state index in [-0.39, 0.29) is 10.8 Å². The Morgan fingerprint density at radius 3 is 2.41 bits per heavy atom. The molecule has 3 heterocycles. The van der Waals surface area contributed by atoms with E-state index in [2.05, 4.69) is 13.1 Å². The van der Waals surface area contributed by atoms with Crippen LogP contribution in [0.1, 0.15) is 6.23 Å². The second-order valence-corrected chi connectivity index (χ2v) is 10.9. The van der Waals surface area contributed by atoms with Crippen molar-refractivity contribution >= 4 is 23.5 Å². The minimum absolute atomic E-state index is 0.186. The van der Waals surface area contributed by atoms with Crippen LogP contribution in [0.15, 0.2) is 15.8 Å². The van der Waals surface area contributed by atoms with Crippen LogP contribution in [-0.2, 0) is 36.3 Å². The molecule has 17 nitrogen and oxygen atoms in total. The zero-order valence-corrected chi connectivity index (χ0v) is 17.7. The number of aliphatic hydroxyl groups is 1. The third-order valence-electron chi connectivity index (χ3n) is 4.16. The predicted molar refractivity (Wildman–Crippen MR) is 89.7 cm³/mol. The Morgan fingerprint density at radius 1 is 1.19 bits per heavy atom. The molecule has 2 saturated heterocycles. The first kappa shape index (κ1) is 25.5. The molecule has 0 saturated carbocycles. The van der Waals surface area contributed by atoms with Crippen molar-refractivity contribution in [3.05, 3.63) is 32.9 Å². The fourth-order valence-corrected chi connectivity index (χ4v) is 5.96. The molecule has 32 heavy (non-hydrogen) atoms. The molecule has 3 rings (SSSR count). The van der Waals surface area contributed by atoms with Crippen LogP contribution in [-0.4, -0.2) is 65.0 Å². The number of rotatable bonds is 8. The van der Waals surface area contributed by atoms with Gasteiger partial charge in [0.15, 0.2) is 6.10 Å². The van der Waals surface area contributed by atoms with Crippen molar-refractivity contribution in [2.75, 3.05) is 13.2 Å².